The van der Waals surface area contributed by atoms with Gasteiger partial charge in [0.15, 0.2) is 0 Å². The van der Waals surface area contributed by atoms with Crippen molar-refractivity contribution >= 4 is 21.5 Å². The number of rotatable bonds is 5. The van der Waals surface area contributed by atoms with Gasteiger partial charge in [0.2, 0.25) is 0 Å². The fourth-order valence-corrected chi connectivity index (χ4v) is 2.69. The molecule has 1 N–H and O–H groups in total. The summed E-state index contributed by atoms with van der Waals surface area (Å²) in [7, 11) is 0. The number of nitrogens with one attached hydrogen (secondary N) is 1. The van der Waals surface area contributed by atoms with Gasteiger partial charge in [0.05, 0.1) is 0 Å². The van der Waals surface area contributed by atoms with Gasteiger partial charge in [-0.05, 0) is 46.1 Å². The second kappa shape index (κ2) is 6.06. The molecule has 0 aliphatic rings. The standard InChI is InChI=1S/C19H21N/c1-2-3-12-20-14-15-8-9-17-11-10-16-6-4-5-7-18(16)19(17)13-15/h4-11,13,20H,2-3,12,14H2,1H3. The fraction of sp³-hybridized carbons (Fsp3) is 0.263. The summed E-state index contributed by atoms with van der Waals surface area (Å²) in [4.78, 5) is 0. The van der Waals surface area contributed by atoms with E-state index in [0.29, 0.717) is 0 Å². The predicted molar refractivity (Wildman–Crippen MR) is 88.1 cm³/mol. The molecule has 1 heteroatoms. The number of hydrogen-bond acceptors (Lipinski definition) is 1. The lowest BCUT2D eigenvalue weighted by Gasteiger charge is -2.08. The Balaban J connectivity index is 1.94. The van der Waals surface area contributed by atoms with E-state index in [2.05, 4.69) is 66.8 Å². The largest absolute Gasteiger partial charge is 0.313 e. The summed E-state index contributed by atoms with van der Waals surface area (Å²) >= 11 is 0. The topological polar surface area (TPSA) is 12.0 Å². The van der Waals surface area contributed by atoms with Crippen LogP contribution in [0.15, 0.2) is 54.6 Å². The summed E-state index contributed by atoms with van der Waals surface area (Å²) in [6.07, 6.45) is 2.49. The maximum atomic E-state index is 3.52. The Kier molecular flexibility index (Phi) is 3.98. The molecule has 0 unspecified atom stereocenters. The summed E-state index contributed by atoms with van der Waals surface area (Å²) < 4.78 is 0. The molecule has 0 saturated carbocycles. The van der Waals surface area contributed by atoms with Crippen LogP contribution in [0.2, 0.25) is 0 Å². The predicted octanol–water partition coefficient (Wildman–Crippen LogP) is 4.88. The van der Waals surface area contributed by atoms with Crippen molar-refractivity contribution in [2.45, 2.75) is 26.3 Å². The lowest BCUT2D eigenvalue weighted by atomic mass is 10.00. The molecule has 0 atom stereocenters. The zero-order chi connectivity index (χ0) is 13.8. The van der Waals surface area contributed by atoms with Gasteiger partial charge in [-0.2, -0.15) is 0 Å². The van der Waals surface area contributed by atoms with E-state index in [4.69, 9.17) is 0 Å². The first-order valence-corrected chi connectivity index (χ1v) is 7.49. The van der Waals surface area contributed by atoms with Crippen molar-refractivity contribution in [3.05, 3.63) is 60.2 Å². The Morgan fingerprint density at radius 1 is 0.850 bits per heavy atom. The quantitative estimate of drug-likeness (QED) is 0.511. The lowest BCUT2D eigenvalue weighted by molar-refractivity contribution is 0.642. The summed E-state index contributed by atoms with van der Waals surface area (Å²) in [5.41, 5.74) is 1.37. The average molecular weight is 263 g/mol. The van der Waals surface area contributed by atoms with E-state index in [1.807, 2.05) is 0 Å². The third kappa shape index (κ3) is 2.68. The van der Waals surface area contributed by atoms with E-state index in [1.165, 1.54) is 39.9 Å². The van der Waals surface area contributed by atoms with E-state index in [1.54, 1.807) is 0 Å². The maximum Gasteiger partial charge on any atom is 0.0205 e. The highest BCUT2D eigenvalue weighted by atomic mass is 14.8. The van der Waals surface area contributed by atoms with Crippen LogP contribution < -0.4 is 5.32 Å². The molecule has 0 aliphatic heterocycles. The Hall–Kier alpha value is -1.86. The molecule has 0 radical (unpaired) electrons. The molecule has 0 aromatic heterocycles. The second-order valence-electron chi connectivity index (χ2n) is 5.37. The van der Waals surface area contributed by atoms with Crippen molar-refractivity contribution in [3.63, 3.8) is 0 Å². The highest BCUT2D eigenvalue weighted by Crippen LogP contribution is 2.26. The first-order chi connectivity index (χ1) is 9.88. The Morgan fingerprint density at radius 3 is 2.45 bits per heavy atom. The van der Waals surface area contributed by atoms with Crippen molar-refractivity contribution in [1.29, 1.82) is 0 Å². The maximum absolute atomic E-state index is 3.52. The highest BCUT2D eigenvalue weighted by molar-refractivity contribution is 6.07. The van der Waals surface area contributed by atoms with Crippen LogP contribution in [0.5, 0.6) is 0 Å². The third-order valence-corrected chi connectivity index (χ3v) is 3.85. The molecule has 0 fully saturated rings. The normalized spacial score (nSPS) is 11.2. The number of fused-ring (bicyclic) bond motifs is 3. The van der Waals surface area contributed by atoms with Crippen LogP contribution in [0.1, 0.15) is 25.3 Å². The molecular formula is C19H21N. The number of hydrogen-bond donors (Lipinski definition) is 1. The van der Waals surface area contributed by atoms with Gasteiger partial charge in [-0.3, -0.25) is 0 Å². The van der Waals surface area contributed by atoms with E-state index in [0.717, 1.165) is 13.1 Å². The molecule has 3 aromatic carbocycles. The van der Waals surface area contributed by atoms with Crippen molar-refractivity contribution in [2.75, 3.05) is 6.54 Å². The molecule has 102 valence electrons. The molecule has 0 heterocycles. The van der Waals surface area contributed by atoms with Crippen molar-refractivity contribution in [3.8, 4) is 0 Å². The summed E-state index contributed by atoms with van der Waals surface area (Å²) in [6, 6.07) is 19.8. The van der Waals surface area contributed by atoms with E-state index < -0.39 is 0 Å². The Morgan fingerprint density at radius 2 is 1.60 bits per heavy atom. The van der Waals surface area contributed by atoms with E-state index in [9.17, 15) is 0 Å². The summed E-state index contributed by atoms with van der Waals surface area (Å²) in [6.45, 7) is 4.28. The second-order valence-corrected chi connectivity index (χ2v) is 5.37. The fourth-order valence-electron chi connectivity index (χ4n) is 2.69. The van der Waals surface area contributed by atoms with Gasteiger partial charge in [-0.15, -0.1) is 0 Å². The van der Waals surface area contributed by atoms with E-state index >= 15 is 0 Å². The molecular weight excluding hydrogens is 242 g/mol. The molecule has 0 saturated heterocycles. The molecule has 0 amide bonds. The van der Waals surface area contributed by atoms with Crippen LogP contribution in [0.3, 0.4) is 0 Å². The van der Waals surface area contributed by atoms with Crippen LogP contribution in [0.4, 0.5) is 0 Å². The van der Waals surface area contributed by atoms with E-state index in [-0.39, 0.29) is 0 Å². The summed E-state index contributed by atoms with van der Waals surface area (Å²) in [5, 5.41) is 8.86. The average Bonchev–Trinajstić information content (AvgIpc) is 2.51. The first kappa shape index (κ1) is 13.1. The Labute approximate surface area is 120 Å². The molecule has 3 aromatic rings. The molecule has 0 bridgehead atoms. The van der Waals surface area contributed by atoms with Crippen molar-refractivity contribution < 1.29 is 0 Å². The minimum absolute atomic E-state index is 0.958. The molecule has 0 aliphatic carbocycles. The zero-order valence-electron chi connectivity index (χ0n) is 12.0. The highest BCUT2D eigenvalue weighted by Gasteiger charge is 2.01. The van der Waals surface area contributed by atoms with Gasteiger partial charge in [0.1, 0.15) is 0 Å². The monoisotopic (exact) mass is 263 g/mol. The number of unbranched alkanes of at least 4 members (excludes halogenated alkanes) is 1. The minimum atomic E-state index is 0.958. The molecule has 20 heavy (non-hydrogen) atoms. The van der Waals surface area contributed by atoms with Crippen molar-refractivity contribution in [2.24, 2.45) is 0 Å². The Bertz CT molecular complexity index is 715. The van der Waals surface area contributed by atoms with Crippen molar-refractivity contribution in [1.82, 2.24) is 5.32 Å². The zero-order valence-corrected chi connectivity index (χ0v) is 12.0. The molecule has 0 spiro atoms. The lowest BCUT2D eigenvalue weighted by Crippen LogP contribution is -2.14. The third-order valence-electron chi connectivity index (χ3n) is 3.85. The van der Waals surface area contributed by atoms with Gasteiger partial charge in [-0.25, -0.2) is 0 Å². The van der Waals surface area contributed by atoms with Gasteiger partial charge >= 0.3 is 0 Å². The van der Waals surface area contributed by atoms with Gasteiger partial charge in [0.25, 0.3) is 0 Å². The molecule has 3 rings (SSSR count). The van der Waals surface area contributed by atoms with Gasteiger partial charge in [-0.1, -0.05) is 61.9 Å². The van der Waals surface area contributed by atoms with Crippen LogP contribution in [0.25, 0.3) is 21.5 Å². The van der Waals surface area contributed by atoms with Crippen LogP contribution >= 0.6 is 0 Å². The van der Waals surface area contributed by atoms with Gasteiger partial charge in [0, 0.05) is 6.54 Å². The SMILES string of the molecule is CCCCNCc1ccc2ccc3ccccc3c2c1. The van der Waals surface area contributed by atoms with Crippen LogP contribution in [0, 0.1) is 0 Å². The smallest absolute Gasteiger partial charge is 0.0205 e. The van der Waals surface area contributed by atoms with Crippen LogP contribution in [-0.4, -0.2) is 6.54 Å². The minimum Gasteiger partial charge on any atom is -0.313 e. The first-order valence-electron chi connectivity index (χ1n) is 7.49. The molecule has 1 nitrogen and oxygen atoms in total. The summed E-state index contributed by atoms with van der Waals surface area (Å²) in [5.74, 6) is 0. The van der Waals surface area contributed by atoms with Gasteiger partial charge < -0.3 is 5.32 Å². The van der Waals surface area contributed by atoms with Crippen LogP contribution in [-0.2, 0) is 6.54 Å². The number of benzene rings is 3.